The molecule has 0 aromatic carbocycles. The number of ether oxygens (including phenoxy) is 4. The Kier molecular flexibility index (Phi) is 11.1. The minimum atomic E-state index is -0.604. The number of nitrogens with zero attached hydrogens (tertiary/aromatic N) is 2. The van der Waals surface area contributed by atoms with Crippen molar-refractivity contribution in [3.63, 3.8) is 0 Å². The van der Waals surface area contributed by atoms with Crippen molar-refractivity contribution in [1.82, 2.24) is 10.8 Å². The molecular weight excluding hydrogens is 436 g/mol. The molecule has 0 unspecified atom stereocenters. The fourth-order valence-electron chi connectivity index (χ4n) is 3.58. The van der Waals surface area contributed by atoms with E-state index in [0.717, 1.165) is 0 Å². The standard InChI is InChI=1S/C18H32N2O12/c1-11(31-19(23)24)5-3-7-15(21)29-13-9-27-18-14(10-28-17(13)18)30-16(22)8-4-6-12(2)32-20(25)26/h11-14,17-18,23-26H,3-10H2,1-2H3/t11-,12-,13+,14+,17+,18+/m0/s1. The molecule has 2 heterocycles. The molecule has 2 aliphatic rings. The molecule has 186 valence electrons. The number of rotatable bonds is 14. The van der Waals surface area contributed by atoms with E-state index in [1.54, 1.807) is 13.8 Å². The second-order valence-electron chi connectivity index (χ2n) is 7.77. The van der Waals surface area contributed by atoms with Crippen molar-refractivity contribution in [3.8, 4) is 0 Å². The lowest BCUT2D eigenvalue weighted by Crippen LogP contribution is -2.36. The van der Waals surface area contributed by atoms with Crippen LogP contribution in [-0.4, -0.2) is 93.4 Å². The fourth-order valence-corrected chi connectivity index (χ4v) is 3.58. The van der Waals surface area contributed by atoms with Gasteiger partial charge in [-0.1, -0.05) is 0 Å². The highest BCUT2D eigenvalue weighted by Gasteiger charge is 2.51. The van der Waals surface area contributed by atoms with Crippen LogP contribution in [0.2, 0.25) is 0 Å². The molecule has 2 rings (SSSR count). The van der Waals surface area contributed by atoms with Crippen LogP contribution in [0.1, 0.15) is 52.4 Å². The summed E-state index contributed by atoms with van der Waals surface area (Å²) in [5.74, 6) is -0.887. The molecule has 0 aromatic rings. The van der Waals surface area contributed by atoms with E-state index in [9.17, 15) is 9.59 Å². The van der Waals surface area contributed by atoms with Crippen LogP contribution in [-0.2, 0) is 38.2 Å². The lowest BCUT2D eigenvalue weighted by molar-refractivity contribution is -0.504. The third-order valence-corrected chi connectivity index (χ3v) is 5.06. The molecule has 0 aromatic heterocycles. The quantitative estimate of drug-likeness (QED) is 0.207. The first-order chi connectivity index (χ1) is 15.2. The Bertz CT molecular complexity index is 542. The van der Waals surface area contributed by atoms with Gasteiger partial charge in [-0.3, -0.25) is 30.4 Å². The van der Waals surface area contributed by atoms with Gasteiger partial charge in [-0.15, -0.1) is 0 Å². The number of hydrogen-bond donors (Lipinski definition) is 4. The molecular formula is C18H32N2O12. The summed E-state index contributed by atoms with van der Waals surface area (Å²) < 4.78 is 22.1. The van der Waals surface area contributed by atoms with Gasteiger partial charge in [-0.2, -0.15) is 0 Å². The Morgan fingerprint density at radius 3 is 1.53 bits per heavy atom. The Morgan fingerprint density at radius 2 is 1.19 bits per heavy atom. The van der Waals surface area contributed by atoms with Crippen LogP contribution in [0.4, 0.5) is 0 Å². The maximum absolute atomic E-state index is 12.1. The molecule has 0 amide bonds. The second kappa shape index (κ2) is 13.3. The van der Waals surface area contributed by atoms with Crippen molar-refractivity contribution in [2.75, 3.05) is 13.2 Å². The Balaban J connectivity index is 1.65. The predicted molar refractivity (Wildman–Crippen MR) is 98.9 cm³/mol. The van der Waals surface area contributed by atoms with Gasteiger partial charge in [0.15, 0.2) is 12.2 Å². The van der Waals surface area contributed by atoms with Crippen LogP contribution in [0.3, 0.4) is 0 Å². The van der Waals surface area contributed by atoms with Crippen molar-refractivity contribution in [2.24, 2.45) is 0 Å². The summed E-state index contributed by atoms with van der Waals surface area (Å²) >= 11 is 0. The second-order valence-corrected chi connectivity index (χ2v) is 7.77. The monoisotopic (exact) mass is 468 g/mol. The summed E-state index contributed by atoms with van der Waals surface area (Å²) in [7, 11) is 0. The highest BCUT2D eigenvalue weighted by molar-refractivity contribution is 5.70. The summed E-state index contributed by atoms with van der Waals surface area (Å²) in [5, 5.41) is 33.5. The maximum atomic E-state index is 12.1. The Hall–Kier alpha value is -1.46. The summed E-state index contributed by atoms with van der Waals surface area (Å²) in [6, 6.07) is 0. The molecule has 14 heteroatoms. The van der Waals surface area contributed by atoms with Crippen molar-refractivity contribution in [3.05, 3.63) is 0 Å². The SMILES string of the molecule is C[C@@H](CCCC(=O)O[C@@H]1CO[C@H]2[C@@H]1OC[C@H]2OC(=O)CCC[C@H](C)ON(O)O)ON(O)O. The molecule has 0 bridgehead atoms. The van der Waals surface area contributed by atoms with Gasteiger partial charge >= 0.3 is 11.9 Å². The highest BCUT2D eigenvalue weighted by Crippen LogP contribution is 2.31. The van der Waals surface area contributed by atoms with Crippen LogP contribution >= 0.6 is 0 Å². The van der Waals surface area contributed by atoms with Crippen molar-refractivity contribution >= 4 is 11.9 Å². The lowest BCUT2D eigenvalue weighted by atomic mass is 10.1. The van der Waals surface area contributed by atoms with E-state index in [0.29, 0.717) is 25.7 Å². The average Bonchev–Trinajstić information content (AvgIpc) is 3.24. The average molecular weight is 468 g/mol. The zero-order chi connectivity index (χ0) is 23.7. The van der Waals surface area contributed by atoms with E-state index in [4.69, 9.17) is 39.8 Å². The maximum Gasteiger partial charge on any atom is 0.306 e. The van der Waals surface area contributed by atoms with Crippen molar-refractivity contribution < 1.29 is 59.0 Å². The van der Waals surface area contributed by atoms with Crippen LogP contribution in [0, 0.1) is 0 Å². The summed E-state index contributed by atoms with van der Waals surface area (Å²) in [5.41, 5.74) is 0. The Labute approximate surface area is 184 Å². The van der Waals surface area contributed by atoms with Crippen LogP contribution < -0.4 is 0 Å². The van der Waals surface area contributed by atoms with E-state index in [2.05, 4.69) is 9.68 Å². The molecule has 0 radical (unpaired) electrons. The van der Waals surface area contributed by atoms with E-state index in [1.807, 2.05) is 0 Å². The summed E-state index contributed by atoms with van der Waals surface area (Å²) in [6.07, 6.45) is -1.32. The smallest absolute Gasteiger partial charge is 0.306 e. The van der Waals surface area contributed by atoms with E-state index in [-0.39, 0.29) is 36.8 Å². The Morgan fingerprint density at radius 1 is 0.812 bits per heavy atom. The minimum absolute atomic E-state index is 0.114. The lowest BCUT2D eigenvalue weighted by Gasteiger charge is -2.18. The zero-order valence-corrected chi connectivity index (χ0v) is 18.1. The molecule has 14 nitrogen and oxygen atoms in total. The molecule has 0 aliphatic carbocycles. The highest BCUT2D eigenvalue weighted by atomic mass is 17.1. The molecule has 2 aliphatic heterocycles. The van der Waals surface area contributed by atoms with E-state index >= 15 is 0 Å². The molecule has 4 N–H and O–H groups in total. The van der Waals surface area contributed by atoms with Gasteiger partial charge in [0, 0.05) is 12.8 Å². The van der Waals surface area contributed by atoms with Crippen LogP contribution in [0.15, 0.2) is 0 Å². The topological polar surface area (TPSA) is 177 Å². The van der Waals surface area contributed by atoms with Gasteiger partial charge in [-0.05, 0) is 39.5 Å². The number of hydrogen-bond acceptors (Lipinski definition) is 14. The molecule has 32 heavy (non-hydrogen) atoms. The molecule has 2 fully saturated rings. The van der Waals surface area contributed by atoms with Crippen molar-refractivity contribution in [2.45, 2.75) is 89.0 Å². The van der Waals surface area contributed by atoms with E-state index in [1.165, 1.54) is 0 Å². The first kappa shape index (κ1) is 26.8. The minimum Gasteiger partial charge on any atom is -0.457 e. The molecule has 6 atom stereocenters. The molecule has 0 saturated carbocycles. The van der Waals surface area contributed by atoms with Gasteiger partial charge in [-0.25, -0.2) is 9.68 Å². The van der Waals surface area contributed by atoms with E-state index < -0.39 is 48.6 Å². The summed E-state index contributed by atoms with van der Waals surface area (Å²) in [6.45, 7) is 3.51. The van der Waals surface area contributed by atoms with Crippen molar-refractivity contribution in [1.29, 1.82) is 0 Å². The fraction of sp³-hybridized carbons (Fsp3) is 0.889. The van der Waals surface area contributed by atoms with Crippen LogP contribution in [0.5, 0.6) is 0 Å². The number of carbonyl (C=O) groups is 2. The van der Waals surface area contributed by atoms with Gasteiger partial charge in [0.05, 0.1) is 36.2 Å². The largest absolute Gasteiger partial charge is 0.457 e. The number of carbonyl (C=O) groups excluding carboxylic acids is 2. The summed E-state index contributed by atoms with van der Waals surface area (Å²) in [4.78, 5) is 33.4. The van der Waals surface area contributed by atoms with Gasteiger partial charge in [0.2, 0.25) is 0 Å². The van der Waals surface area contributed by atoms with Gasteiger partial charge in [0.25, 0.3) is 0 Å². The van der Waals surface area contributed by atoms with Gasteiger partial charge in [0.1, 0.15) is 12.2 Å². The van der Waals surface area contributed by atoms with Crippen LogP contribution in [0.25, 0.3) is 0 Å². The van der Waals surface area contributed by atoms with Gasteiger partial charge < -0.3 is 18.9 Å². The normalized spacial score (nSPS) is 26.9. The number of fused-ring (bicyclic) bond motifs is 1. The third-order valence-electron chi connectivity index (χ3n) is 5.06. The molecule has 0 spiro atoms. The predicted octanol–water partition coefficient (Wildman–Crippen LogP) is 0.749. The third kappa shape index (κ3) is 9.19. The number of esters is 2. The first-order valence-electron chi connectivity index (χ1n) is 10.5. The zero-order valence-electron chi connectivity index (χ0n) is 18.1. The molecule has 2 saturated heterocycles. The first-order valence-corrected chi connectivity index (χ1v) is 10.5.